The van der Waals surface area contributed by atoms with Crippen LogP contribution in [0.25, 0.3) is 44.9 Å². The van der Waals surface area contributed by atoms with Crippen LogP contribution >= 0.6 is 0 Å². The van der Waals surface area contributed by atoms with Gasteiger partial charge in [-0.15, -0.1) is 0 Å². The molecule has 2 aromatic heterocycles. The average Bonchev–Trinajstić information content (AvgIpc) is 3.63. The molecule has 16 heteroatoms. The van der Waals surface area contributed by atoms with Gasteiger partial charge in [0.25, 0.3) is 0 Å². The van der Waals surface area contributed by atoms with Gasteiger partial charge in [-0.05, 0) is 83.9 Å². The van der Waals surface area contributed by atoms with E-state index < -0.39 is 58.3 Å². The minimum Gasteiger partial charge on any atom is -0.308 e. The van der Waals surface area contributed by atoms with Gasteiger partial charge in [0.2, 0.25) is 0 Å². The van der Waals surface area contributed by atoms with Crippen LogP contribution in [0.1, 0.15) is 33.4 Å². The van der Waals surface area contributed by atoms with Crippen LogP contribution in [-0.2, 0) is 24.7 Å². The van der Waals surface area contributed by atoms with Crippen LogP contribution in [0.4, 0.5) is 52.7 Å². The van der Waals surface area contributed by atoms with Gasteiger partial charge in [-0.25, -0.2) is 0 Å². The van der Waals surface area contributed by atoms with Gasteiger partial charge >= 0.3 is 24.7 Å². The molecule has 52 heavy (non-hydrogen) atoms. The van der Waals surface area contributed by atoms with Crippen molar-refractivity contribution in [2.45, 2.75) is 24.7 Å². The van der Waals surface area contributed by atoms with Gasteiger partial charge in [-0.3, -0.25) is 0 Å². The predicted octanol–water partition coefficient (Wildman–Crippen LogP) is 11.6. The van der Waals surface area contributed by atoms with Crippen LogP contribution in [0, 0.1) is 22.7 Å². The highest BCUT2D eigenvalue weighted by molar-refractivity contribution is 5.94. The van der Waals surface area contributed by atoms with Crippen molar-refractivity contribution in [3.8, 4) is 46.0 Å². The molecule has 0 unspecified atom stereocenters. The van der Waals surface area contributed by atoms with E-state index in [1.165, 1.54) is 60.7 Å². The Morgan fingerprint density at radius 3 is 0.885 bits per heavy atom. The van der Waals surface area contributed by atoms with Crippen molar-refractivity contribution in [2.75, 3.05) is 0 Å². The lowest BCUT2D eigenvalue weighted by molar-refractivity contribution is -0.144. The molecule has 0 amide bonds. The first-order valence-corrected chi connectivity index (χ1v) is 14.6. The quantitative estimate of drug-likeness (QED) is 0.170. The largest absolute Gasteiger partial charge is 0.416 e. The van der Waals surface area contributed by atoms with E-state index in [2.05, 4.69) is 0 Å². The Labute approximate surface area is 284 Å². The predicted molar refractivity (Wildman–Crippen MR) is 163 cm³/mol. The maximum Gasteiger partial charge on any atom is 0.416 e. The van der Waals surface area contributed by atoms with Crippen molar-refractivity contribution < 1.29 is 52.7 Å². The van der Waals surface area contributed by atoms with E-state index in [9.17, 15) is 63.2 Å². The number of benzene rings is 4. The van der Waals surface area contributed by atoms with Gasteiger partial charge in [0, 0.05) is 11.4 Å². The lowest BCUT2D eigenvalue weighted by Gasteiger charge is -2.17. The highest BCUT2D eigenvalue weighted by Gasteiger charge is 2.39. The van der Waals surface area contributed by atoms with Crippen molar-refractivity contribution in [1.82, 2.24) is 9.13 Å². The fourth-order valence-electron chi connectivity index (χ4n) is 5.70. The van der Waals surface area contributed by atoms with E-state index in [-0.39, 0.29) is 56.8 Å². The van der Waals surface area contributed by atoms with Crippen LogP contribution in [0.3, 0.4) is 0 Å². The molecule has 0 bridgehead atoms. The van der Waals surface area contributed by atoms with Gasteiger partial charge in [0.1, 0.15) is 0 Å². The Bertz CT molecular complexity index is 2170. The van der Waals surface area contributed by atoms with Crippen molar-refractivity contribution in [1.29, 1.82) is 10.5 Å². The highest BCUT2D eigenvalue weighted by atomic mass is 19.4. The third kappa shape index (κ3) is 6.67. The molecule has 0 saturated heterocycles. The van der Waals surface area contributed by atoms with Gasteiger partial charge in [0.15, 0.2) is 0 Å². The molecule has 6 aromatic rings. The molecule has 4 nitrogen and oxygen atoms in total. The number of alkyl halides is 12. The minimum atomic E-state index is -5.28. The number of hydrogen-bond donors (Lipinski definition) is 0. The molecule has 264 valence electrons. The fraction of sp³-hybridized carbons (Fsp3) is 0.111. The van der Waals surface area contributed by atoms with Crippen LogP contribution < -0.4 is 0 Å². The molecule has 0 fully saturated rings. The van der Waals surface area contributed by atoms with Gasteiger partial charge in [0.05, 0.1) is 67.9 Å². The molecule has 2 heterocycles. The van der Waals surface area contributed by atoms with Crippen molar-refractivity contribution >= 4 is 11.0 Å². The molecule has 0 radical (unpaired) electrons. The summed E-state index contributed by atoms with van der Waals surface area (Å²) in [7, 11) is 0. The first-order chi connectivity index (χ1) is 24.2. The standard InChI is InChI=1S/C36H16F12N4/c37-33(38,39)23-9-24(34(40,41)42)12-27(11-23)51-29(21-5-1-19(17-49)2-6-21)15-31-32(51)16-30(22-7-3-20(18-50)4-8-22)52(31)28-13-25(35(43,44)45)10-26(14-28)36(46,47)48/h1-16H. The Morgan fingerprint density at radius 2 is 0.654 bits per heavy atom. The summed E-state index contributed by atoms with van der Waals surface area (Å²) in [5, 5.41) is 18.5. The van der Waals surface area contributed by atoms with Crippen LogP contribution in [0.15, 0.2) is 97.1 Å². The van der Waals surface area contributed by atoms with Crippen LogP contribution in [0.2, 0.25) is 0 Å². The zero-order valence-corrected chi connectivity index (χ0v) is 25.6. The topological polar surface area (TPSA) is 57.4 Å². The smallest absolute Gasteiger partial charge is 0.308 e. The molecule has 0 N–H and O–H groups in total. The molecule has 0 aliphatic heterocycles. The van der Waals surface area contributed by atoms with Crippen molar-refractivity contribution in [3.05, 3.63) is 130 Å². The Kier molecular flexibility index (Phi) is 8.41. The molecule has 0 atom stereocenters. The summed E-state index contributed by atoms with van der Waals surface area (Å²) in [6.07, 6.45) is -21.1. The van der Waals surface area contributed by atoms with E-state index >= 15 is 0 Å². The lowest BCUT2D eigenvalue weighted by Crippen LogP contribution is -2.12. The maximum atomic E-state index is 14.0. The third-order valence-corrected chi connectivity index (χ3v) is 8.05. The summed E-state index contributed by atoms with van der Waals surface area (Å²) in [6, 6.07) is 18.0. The monoisotopic (exact) mass is 732 g/mol. The van der Waals surface area contributed by atoms with Crippen LogP contribution in [0.5, 0.6) is 0 Å². The van der Waals surface area contributed by atoms with Crippen molar-refractivity contribution in [2.24, 2.45) is 0 Å². The third-order valence-electron chi connectivity index (χ3n) is 8.05. The molecule has 0 aliphatic rings. The van der Waals surface area contributed by atoms with E-state index in [0.717, 1.165) is 9.13 Å². The number of aromatic nitrogens is 2. The fourth-order valence-corrected chi connectivity index (χ4v) is 5.70. The summed E-state index contributed by atoms with van der Waals surface area (Å²) < 4.78 is 170. The molecule has 4 aromatic carbocycles. The number of rotatable bonds is 4. The molecule has 0 aliphatic carbocycles. The van der Waals surface area contributed by atoms with Crippen molar-refractivity contribution in [3.63, 3.8) is 0 Å². The van der Waals surface area contributed by atoms with Gasteiger partial charge in [-0.1, -0.05) is 24.3 Å². The highest BCUT2D eigenvalue weighted by Crippen LogP contribution is 2.44. The van der Waals surface area contributed by atoms with Gasteiger partial charge in [-0.2, -0.15) is 63.2 Å². The zero-order chi connectivity index (χ0) is 38.0. The minimum absolute atomic E-state index is 0.0970. The zero-order valence-electron chi connectivity index (χ0n) is 25.6. The van der Waals surface area contributed by atoms with E-state index in [0.29, 0.717) is 24.3 Å². The van der Waals surface area contributed by atoms with E-state index in [4.69, 9.17) is 0 Å². The van der Waals surface area contributed by atoms with E-state index in [1.54, 1.807) is 0 Å². The number of fused-ring (bicyclic) bond motifs is 1. The molecule has 0 spiro atoms. The maximum absolute atomic E-state index is 14.0. The number of nitrogens with zero attached hydrogens (tertiary/aromatic N) is 4. The second kappa shape index (κ2) is 12.3. The molecule has 0 saturated carbocycles. The first kappa shape index (κ1) is 35.7. The number of nitriles is 2. The second-order valence-electron chi connectivity index (χ2n) is 11.4. The normalized spacial score (nSPS) is 12.6. The summed E-state index contributed by atoms with van der Waals surface area (Å²) in [4.78, 5) is 0. The molecule has 6 rings (SSSR count). The second-order valence-corrected chi connectivity index (χ2v) is 11.4. The first-order valence-electron chi connectivity index (χ1n) is 14.6. The Balaban J connectivity index is 1.80. The number of hydrogen-bond acceptors (Lipinski definition) is 2. The van der Waals surface area contributed by atoms with E-state index in [1.807, 2.05) is 12.1 Å². The summed E-state index contributed by atoms with van der Waals surface area (Å²) in [5.41, 5.74) is -8.32. The SMILES string of the molecule is N#Cc1ccc(-c2cc3c(cc(-c4ccc(C#N)cc4)n3-c3cc(C(F)(F)F)cc(C(F)(F)F)c3)n2-c2cc(C(F)(F)F)cc(C(F)(F)F)c2)cc1. The average molecular weight is 733 g/mol. The summed E-state index contributed by atoms with van der Waals surface area (Å²) in [6.45, 7) is 0. The molecular formula is C36H16F12N4. The Hall–Kier alpha value is -6.16. The lowest BCUT2D eigenvalue weighted by atomic mass is 10.1. The van der Waals surface area contributed by atoms with Crippen LogP contribution in [-0.4, -0.2) is 9.13 Å². The Morgan fingerprint density at radius 1 is 0.385 bits per heavy atom. The summed E-state index contributed by atoms with van der Waals surface area (Å²) >= 11 is 0. The summed E-state index contributed by atoms with van der Waals surface area (Å²) in [5.74, 6) is 0. The number of halogens is 12. The van der Waals surface area contributed by atoms with Gasteiger partial charge < -0.3 is 9.13 Å². The molecular weight excluding hydrogens is 716 g/mol.